The maximum absolute atomic E-state index is 13.1. The van der Waals surface area contributed by atoms with Crippen molar-refractivity contribution in [2.24, 2.45) is 0 Å². The van der Waals surface area contributed by atoms with Gasteiger partial charge in [0.1, 0.15) is 11.3 Å². The highest BCUT2D eigenvalue weighted by atomic mass is 19.4. The van der Waals surface area contributed by atoms with Gasteiger partial charge < -0.3 is 14.5 Å². The van der Waals surface area contributed by atoms with Crippen molar-refractivity contribution in [1.82, 2.24) is 0 Å². The van der Waals surface area contributed by atoms with Gasteiger partial charge in [-0.05, 0) is 29.7 Å². The molecule has 0 aliphatic rings. The Balaban J connectivity index is 1.76. The first-order valence-corrected chi connectivity index (χ1v) is 8.82. The topological polar surface area (TPSA) is 68.5 Å². The van der Waals surface area contributed by atoms with Gasteiger partial charge in [-0.25, -0.2) is 4.79 Å². The van der Waals surface area contributed by atoms with E-state index in [0.29, 0.717) is 11.8 Å². The molecule has 0 spiro atoms. The number of para-hydroxylation sites is 1. The number of carbonyl (C=O) groups excluding carboxylic acids is 1. The van der Waals surface area contributed by atoms with Gasteiger partial charge in [-0.2, -0.15) is 13.2 Å². The predicted octanol–water partition coefficient (Wildman–Crippen LogP) is 4.95. The minimum atomic E-state index is -4.69. The van der Waals surface area contributed by atoms with Crippen molar-refractivity contribution >= 4 is 22.6 Å². The average Bonchev–Trinajstić information content (AvgIpc) is 2.65. The molecule has 0 bridgehead atoms. The summed E-state index contributed by atoms with van der Waals surface area (Å²) >= 11 is 0. The summed E-state index contributed by atoms with van der Waals surface area (Å²) in [5, 5.41) is 2.49. The Morgan fingerprint density at radius 2 is 1.86 bits per heavy atom. The highest BCUT2D eigenvalue weighted by Gasteiger charge is 2.33. The molecule has 0 radical (unpaired) electrons. The molecule has 0 unspecified atom stereocenters. The number of anilines is 1. The van der Waals surface area contributed by atoms with E-state index in [4.69, 9.17) is 9.15 Å². The van der Waals surface area contributed by atoms with Crippen LogP contribution < -0.4 is 15.7 Å². The first-order chi connectivity index (χ1) is 13.6. The van der Waals surface area contributed by atoms with Crippen LogP contribution in [0.25, 0.3) is 11.0 Å². The minimum Gasteiger partial charge on any atom is -0.484 e. The summed E-state index contributed by atoms with van der Waals surface area (Å²) in [5.41, 5.74) is -0.848. The van der Waals surface area contributed by atoms with E-state index in [1.807, 2.05) is 26.0 Å². The van der Waals surface area contributed by atoms with Gasteiger partial charge in [0.15, 0.2) is 6.61 Å². The largest absolute Gasteiger partial charge is 0.484 e. The lowest BCUT2D eigenvalue weighted by molar-refractivity contribution is -0.136. The summed E-state index contributed by atoms with van der Waals surface area (Å²) in [6.07, 6.45) is -4.69. The van der Waals surface area contributed by atoms with Gasteiger partial charge in [-0.15, -0.1) is 0 Å². The predicted molar refractivity (Wildman–Crippen MR) is 102 cm³/mol. The van der Waals surface area contributed by atoms with Crippen molar-refractivity contribution < 1.29 is 27.1 Å². The van der Waals surface area contributed by atoms with Crippen LogP contribution in [-0.2, 0) is 11.0 Å². The molecule has 0 aliphatic carbocycles. The monoisotopic (exact) mass is 405 g/mol. The van der Waals surface area contributed by atoms with E-state index in [-0.39, 0.29) is 29.2 Å². The first kappa shape index (κ1) is 20.4. The van der Waals surface area contributed by atoms with Gasteiger partial charge in [-0.3, -0.25) is 4.79 Å². The number of hydrogen-bond donors (Lipinski definition) is 1. The second-order valence-electron chi connectivity index (χ2n) is 6.71. The molecule has 3 rings (SSSR count). The summed E-state index contributed by atoms with van der Waals surface area (Å²) in [4.78, 5) is 23.7. The van der Waals surface area contributed by atoms with Gasteiger partial charge in [0, 0.05) is 23.2 Å². The Labute approximate surface area is 164 Å². The lowest BCUT2D eigenvalue weighted by atomic mass is 10.0. The molecule has 0 saturated carbocycles. The smallest absolute Gasteiger partial charge is 0.417 e. The number of benzene rings is 2. The first-order valence-electron chi connectivity index (χ1n) is 8.82. The second kappa shape index (κ2) is 7.98. The van der Waals surface area contributed by atoms with Crippen LogP contribution in [0.2, 0.25) is 0 Å². The fraction of sp³-hybridized carbons (Fsp3) is 0.238. The lowest BCUT2D eigenvalue weighted by Crippen LogP contribution is -2.21. The van der Waals surface area contributed by atoms with Crippen LogP contribution in [0, 0.1) is 0 Å². The minimum absolute atomic E-state index is 0.104. The highest BCUT2D eigenvalue weighted by Crippen LogP contribution is 2.34. The second-order valence-corrected chi connectivity index (χ2v) is 6.71. The molecular weight excluding hydrogens is 387 g/mol. The quantitative estimate of drug-likeness (QED) is 0.610. The van der Waals surface area contributed by atoms with Crippen LogP contribution in [-0.4, -0.2) is 12.5 Å². The van der Waals surface area contributed by atoms with Crippen LogP contribution >= 0.6 is 0 Å². The molecule has 0 aliphatic heterocycles. The zero-order chi connectivity index (χ0) is 21.2. The van der Waals surface area contributed by atoms with Crippen LogP contribution in [0.15, 0.2) is 57.7 Å². The summed E-state index contributed by atoms with van der Waals surface area (Å²) in [6, 6.07) is 11.3. The number of amides is 1. The molecule has 1 heterocycles. The van der Waals surface area contributed by atoms with Crippen LogP contribution in [0.5, 0.6) is 5.75 Å². The number of halogens is 3. The summed E-state index contributed by atoms with van der Waals surface area (Å²) < 4.78 is 49.5. The number of ether oxygens (including phenoxy) is 1. The molecule has 29 heavy (non-hydrogen) atoms. The molecule has 1 amide bonds. The Kier molecular flexibility index (Phi) is 5.63. The summed E-state index contributed by atoms with van der Waals surface area (Å²) in [5.74, 6) is -0.116. The number of carbonyl (C=O) groups is 1. The fourth-order valence-electron chi connectivity index (χ4n) is 2.92. The number of fused-ring (bicyclic) bond motifs is 1. The molecule has 0 saturated heterocycles. The van der Waals surface area contributed by atoms with Gasteiger partial charge >= 0.3 is 11.8 Å². The van der Waals surface area contributed by atoms with Crippen molar-refractivity contribution in [1.29, 1.82) is 0 Å². The van der Waals surface area contributed by atoms with E-state index < -0.39 is 23.3 Å². The maximum atomic E-state index is 13.1. The molecule has 0 fully saturated rings. The van der Waals surface area contributed by atoms with Gasteiger partial charge in [0.05, 0.1) is 5.56 Å². The Morgan fingerprint density at radius 3 is 2.55 bits per heavy atom. The Hall–Kier alpha value is -3.29. The van der Waals surface area contributed by atoms with Gasteiger partial charge in [0.2, 0.25) is 0 Å². The van der Waals surface area contributed by atoms with E-state index in [2.05, 4.69) is 5.32 Å². The molecule has 152 valence electrons. The molecule has 0 atom stereocenters. The molecule has 1 N–H and O–H groups in total. The SMILES string of the molecule is CC(C)c1ccccc1NC(=O)COc1ccc2c(C(F)(F)F)cc(=O)oc2c1. The Morgan fingerprint density at radius 1 is 1.14 bits per heavy atom. The van der Waals surface area contributed by atoms with E-state index in [9.17, 15) is 22.8 Å². The normalized spacial score (nSPS) is 11.7. The third kappa shape index (κ3) is 4.77. The number of hydrogen-bond acceptors (Lipinski definition) is 4. The third-order valence-corrected chi connectivity index (χ3v) is 4.25. The zero-order valence-electron chi connectivity index (χ0n) is 15.7. The standard InChI is InChI=1S/C21H18F3NO4/c1-12(2)14-5-3-4-6-17(14)25-19(26)11-28-13-7-8-15-16(21(22,23)24)10-20(27)29-18(15)9-13/h3-10,12H,11H2,1-2H3,(H,25,26). The highest BCUT2D eigenvalue weighted by molar-refractivity contribution is 5.92. The fourth-order valence-corrected chi connectivity index (χ4v) is 2.92. The molecular formula is C21H18F3NO4. The molecule has 1 aromatic heterocycles. The molecule has 2 aromatic carbocycles. The summed E-state index contributed by atoms with van der Waals surface area (Å²) in [7, 11) is 0. The molecule has 8 heteroatoms. The van der Waals surface area contributed by atoms with Crippen molar-refractivity contribution in [3.63, 3.8) is 0 Å². The van der Waals surface area contributed by atoms with Crippen molar-refractivity contribution in [2.75, 3.05) is 11.9 Å². The van der Waals surface area contributed by atoms with Crippen molar-refractivity contribution in [3.8, 4) is 5.75 Å². The van der Waals surface area contributed by atoms with Crippen LogP contribution in [0.3, 0.4) is 0 Å². The summed E-state index contributed by atoms with van der Waals surface area (Å²) in [6.45, 7) is 3.64. The van der Waals surface area contributed by atoms with Gasteiger partial charge in [-0.1, -0.05) is 32.0 Å². The zero-order valence-corrected chi connectivity index (χ0v) is 15.7. The van der Waals surface area contributed by atoms with Crippen LogP contribution in [0.1, 0.15) is 30.9 Å². The van der Waals surface area contributed by atoms with Crippen LogP contribution in [0.4, 0.5) is 18.9 Å². The van der Waals surface area contributed by atoms with Crippen molar-refractivity contribution in [2.45, 2.75) is 25.9 Å². The van der Waals surface area contributed by atoms with E-state index >= 15 is 0 Å². The van der Waals surface area contributed by atoms with Gasteiger partial charge in [0.25, 0.3) is 5.91 Å². The number of nitrogens with one attached hydrogen (secondary N) is 1. The van der Waals surface area contributed by atoms with E-state index in [0.717, 1.165) is 17.7 Å². The van der Waals surface area contributed by atoms with Crippen molar-refractivity contribution in [3.05, 3.63) is 70.1 Å². The Bertz CT molecular complexity index is 1100. The maximum Gasteiger partial charge on any atom is 0.417 e. The lowest BCUT2D eigenvalue weighted by Gasteiger charge is -2.14. The molecule has 5 nitrogen and oxygen atoms in total. The van der Waals surface area contributed by atoms with E-state index in [1.165, 1.54) is 6.07 Å². The molecule has 3 aromatic rings. The van der Waals surface area contributed by atoms with E-state index in [1.54, 1.807) is 12.1 Å². The number of rotatable bonds is 5. The average molecular weight is 405 g/mol. The number of alkyl halides is 3. The third-order valence-electron chi connectivity index (χ3n) is 4.25.